The van der Waals surface area contributed by atoms with Crippen LogP contribution in [0.1, 0.15) is 16.1 Å². The Morgan fingerprint density at radius 3 is 2.59 bits per heavy atom. The Balaban J connectivity index is 2.03. The van der Waals surface area contributed by atoms with Gasteiger partial charge >= 0.3 is 0 Å². The Hall–Kier alpha value is -1.79. The second-order valence-electron chi connectivity index (χ2n) is 4.80. The van der Waals surface area contributed by atoms with E-state index in [0.717, 1.165) is 11.3 Å². The fourth-order valence-electron chi connectivity index (χ4n) is 1.79. The van der Waals surface area contributed by atoms with Crippen molar-refractivity contribution in [1.82, 2.24) is 15.3 Å². The average molecular weight is 337 g/mol. The number of nitrogens with zero attached hydrogens (tertiary/aromatic N) is 3. The maximum atomic E-state index is 12.2. The van der Waals surface area contributed by atoms with Crippen LogP contribution in [-0.4, -0.2) is 36.2 Å². The van der Waals surface area contributed by atoms with Crippen LogP contribution in [0.2, 0.25) is 5.02 Å². The second-order valence-corrected chi connectivity index (χ2v) is 5.98. The van der Waals surface area contributed by atoms with E-state index in [9.17, 15) is 4.79 Å². The highest BCUT2D eigenvalue weighted by molar-refractivity contribution is 7.98. The van der Waals surface area contributed by atoms with Gasteiger partial charge in [0.05, 0.1) is 11.2 Å². The molecular weight excluding hydrogens is 320 g/mol. The zero-order valence-corrected chi connectivity index (χ0v) is 14.2. The average Bonchev–Trinajstić information content (AvgIpc) is 2.53. The van der Waals surface area contributed by atoms with Crippen molar-refractivity contribution < 1.29 is 4.79 Å². The van der Waals surface area contributed by atoms with Gasteiger partial charge in [0.2, 0.25) is 0 Å². The van der Waals surface area contributed by atoms with Gasteiger partial charge in [0.25, 0.3) is 5.91 Å². The molecule has 1 heterocycles. The molecule has 1 aromatic heterocycles. The van der Waals surface area contributed by atoms with Crippen LogP contribution in [0.4, 0.5) is 5.69 Å². The summed E-state index contributed by atoms with van der Waals surface area (Å²) in [4.78, 5) is 22.4. The van der Waals surface area contributed by atoms with Gasteiger partial charge in [-0.3, -0.25) is 4.79 Å². The fourth-order valence-corrected chi connectivity index (χ4v) is 2.30. The minimum absolute atomic E-state index is 0.200. The Kier molecular flexibility index (Phi) is 5.63. The molecule has 5 nitrogen and oxygen atoms in total. The summed E-state index contributed by atoms with van der Waals surface area (Å²) >= 11 is 7.35. The lowest BCUT2D eigenvalue weighted by Gasteiger charge is -2.13. The van der Waals surface area contributed by atoms with Crippen LogP contribution in [0.15, 0.2) is 35.6 Å². The molecule has 1 N–H and O–H groups in total. The molecule has 0 saturated heterocycles. The van der Waals surface area contributed by atoms with Crippen molar-refractivity contribution in [2.45, 2.75) is 11.7 Å². The molecule has 116 valence electrons. The highest BCUT2D eigenvalue weighted by atomic mass is 35.5. The molecule has 0 aliphatic carbocycles. The zero-order valence-electron chi connectivity index (χ0n) is 12.6. The van der Waals surface area contributed by atoms with Crippen LogP contribution >= 0.6 is 23.4 Å². The third kappa shape index (κ3) is 4.11. The van der Waals surface area contributed by atoms with Gasteiger partial charge in [0.15, 0.2) is 10.9 Å². The van der Waals surface area contributed by atoms with E-state index < -0.39 is 0 Å². The number of rotatable bonds is 5. The number of aromatic nitrogens is 2. The summed E-state index contributed by atoms with van der Waals surface area (Å²) in [6.45, 7) is 0.418. The largest absolute Gasteiger partial charge is 0.378 e. The molecule has 1 amide bonds. The summed E-state index contributed by atoms with van der Waals surface area (Å²) in [5.41, 5.74) is 2.32. The third-order valence-corrected chi connectivity index (χ3v) is 3.86. The number of hydrogen-bond donors (Lipinski definition) is 1. The van der Waals surface area contributed by atoms with Gasteiger partial charge in [-0.05, 0) is 24.0 Å². The van der Waals surface area contributed by atoms with Gasteiger partial charge in [-0.15, -0.1) is 0 Å². The molecule has 7 heteroatoms. The molecule has 2 aromatic rings. The number of carbonyl (C=O) groups excluding carboxylic acids is 1. The minimum atomic E-state index is -0.306. The number of anilines is 1. The summed E-state index contributed by atoms with van der Waals surface area (Å²) in [5, 5.41) is 3.59. The van der Waals surface area contributed by atoms with Crippen molar-refractivity contribution in [2.75, 3.05) is 25.3 Å². The second kappa shape index (κ2) is 7.47. The van der Waals surface area contributed by atoms with Crippen LogP contribution in [0.5, 0.6) is 0 Å². The molecule has 0 spiro atoms. The summed E-state index contributed by atoms with van der Waals surface area (Å²) < 4.78 is 0. The van der Waals surface area contributed by atoms with E-state index in [-0.39, 0.29) is 16.6 Å². The van der Waals surface area contributed by atoms with Gasteiger partial charge < -0.3 is 10.2 Å². The predicted molar refractivity (Wildman–Crippen MR) is 90.8 cm³/mol. The molecule has 0 fully saturated rings. The Bertz CT molecular complexity index is 661. The van der Waals surface area contributed by atoms with E-state index in [4.69, 9.17) is 11.6 Å². The van der Waals surface area contributed by atoms with Crippen molar-refractivity contribution in [2.24, 2.45) is 0 Å². The molecule has 0 unspecified atom stereocenters. The Labute approximate surface area is 139 Å². The number of amides is 1. The number of halogens is 1. The highest BCUT2D eigenvalue weighted by Gasteiger charge is 2.13. The molecule has 1 aromatic carbocycles. The lowest BCUT2D eigenvalue weighted by atomic mass is 10.2. The van der Waals surface area contributed by atoms with Crippen molar-refractivity contribution in [3.63, 3.8) is 0 Å². The molecule has 0 aliphatic rings. The third-order valence-electron chi connectivity index (χ3n) is 3.03. The zero-order chi connectivity index (χ0) is 16.1. The molecule has 0 saturated carbocycles. The van der Waals surface area contributed by atoms with Crippen LogP contribution in [0, 0.1) is 0 Å². The van der Waals surface area contributed by atoms with Gasteiger partial charge in [-0.2, -0.15) is 0 Å². The van der Waals surface area contributed by atoms with E-state index in [1.807, 2.05) is 49.5 Å². The SMILES string of the molecule is CSc1ncc(Cl)c(C(=O)NCc2ccc(N(C)C)cc2)n1. The molecule has 22 heavy (non-hydrogen) atoms. The first-order valence-electron chi connectivity index (χ1n) is 6.62. The fraction of sp³-hybridized carbons (Fsp3) is 0.267. The quantitative estimate of drug-likeness (QED) is 0.672. The molecule has 0 aliphatic heterocycles. The van der Waals surface area contributed by atoms with E-state index in [2.05, 4.69) is 15.3 Å². The maximum Gasteiger partial charge on any atom is 0.271 e. The molecule has 0 bridgehead atoms. The first kappa shape index (κ1) is 16.6. The van der Waals surface area contributed by atoms with Crippen LogP contribution in [0.25, 0.3) is 0 Å². The van der Waals surface area contributed by atoms with Gasteiger partial charge in [-0.25, -0.2) is 9.97 Å². The van der Waals surface area contributed by atoms with Crippen molar-refractivity contribution >= 4 is 35.0 Å². The number of thioether (sulfide) groups is 1. The predicted octanol–water partition coefficient (Wildman–Crippen LogP) is 2.85. The Morgan fingerprint density at radius 2 is 2.00 bits per heavy atom. The summed E-state index contributed by atoms with van der Waals surface area (Å²) in [7, 11) is 3.97. The standard InChI is InChI=1S/C15H17ClN4OS/c1-20(2)11-6-4-10(5-7-11)8-17-14(21)13-12(16)9-18-15(19-13)22-3/h4-7,9H,8H2,1-3H3,(H,17,21). The number of nitrogens with one attached hydrogen (secondary N) is 1. The summed E-state index contributed by atoms with van der Waals surface area (Å²) in [5.74, 6) is -0.306. The molecule has 0 radical (unpaired) electrons. The lowest BCUT2D eigenvalue weighted by molar-refractivity contribution is 0.0945. The van der Waals surface area contributed by atoms with Gasteiger partial charge in [-0.1, -0.05) is 35.5 Å². The van der Waals surface area contributed by atoms with E-state index in [1.165, 1.54) is 18.0 Å². The van der Waals surface area contributed by atoms with E-state index in [0.29, 0.717) is 11.7 Å². The lowest BCUT2D eigenvalue weighted by Crippen LogP contribution is -2.24. The molecule has 2 rings (SSSR count). The van der Waals surface area contributed by atoms with E-state index >= 15 is 0 Å². The van der Waals surface area contributed by atoms with Crippen molar-refractivity contribution in [3.8, 4) is 0 Å². The number of hydrogen-bond acceptors (Lipinski definition) is 5. The molecular formula is C15H17ClN4OS. The van der Waals surface area contributed by atoms with E-state index in [1.54, 1.807) is 0 Å². The monoisotopic (exact) mass is 336 g/mol. The van der Waals surface area contributed by atoms with Crippen molar-refractivity contribution in [3.05, 3.63) is 46.7 Å². The first-order valence-corrected chi connectivity index (χ1v) is 8.22. The topological polar surface area (TPSA) is 58.1 Å². The first-order chi connectivity index (χ1) is 10.5. The number of benzene rings is 1. The van der Waals surface area contributed by atoms with Gasteiger partial charge in [0, 0.05) is 26.3 Å². The van der Waals surface area contributed by atoms with Crippen LogP contribution in [-0.2, 0) is 6.54 Å². The summed E-state index contributed by atoms with van der Waals surface area (Å²) in [6, 6.07) is 7.96. The van der Waals surface area contributed by atoms with Crippen LogP contribution < -0.4 is 10.2 Å². The smallest absolute Gasteiger partial charge is 0.271 e. The maximum absolute atomic E-state index is 12.2. The normalized spacial score (nSPS) is 10.4. The van der Waals surface area contributed by atoms with Gasteiger partial charge in [0.1, 0.15) is 0 Å². The Morgan fingerprint density at radius 1 is 1.32 bits per heavy atom. The number of carbonyl (C=O) groups is 1. The highest BCUT2D eigenvalue weighted by Crippen LogP contribution is 2.17. The summed E-state index contributed by atoms with van der Waals surface area (Å²) in [6.07, 6.45) is 3.29. The van der Waals surface area contributed by atoms with Crippen LogP contribution in [0.3, 0.4) is 0 Å². The molecule has 0 atom stereocenters. The van der Waals surface area contributed by atoms with Crippen molar-refractivity contribution in [1.29, 1.82) is 0 Å². The minimum Gasteiger partial charge on any atom is -0.378 e.